The fourth-order valence-electron chi connectivity index (χ4n) is 3.72. The molecule has 0 atom stereocenters. The van der Waals surface area contributed by atoms with Crippen LogP contribution in [0.5, 0.6) is 0 Å². The van der Waals surface area contributed by atoms with Crippen molar-refractivity contribution in [3.8, 4) is 0 Å². The minimum atomic E-state index is -0.316. The summed E-state index contributed by atoms with van der Waals surface area (Å²) in [6.45, 7) is 8.47. The van der Waals surface area contributed by atoms with Gasteiger partial charge in [0.15, 0.2) is 0 Å². The molecule has 25 heavy (non-hydrogen) atoms. The summed E-state index contributed by atoms with van der Waals surface area (Å²) >= 11 is 0. The van der Waals surface area contributed by atoms with E-state index in [1.807, 2.05) is 0 Å². The summed E-state index contributed by atoms with van der Waals surface area (Å²) in [4.78, 5) is 0. The van der Waals surface area contributed by atoms with Gasteiger partial charge in [-0.2, -0.15) is 0 Å². The molecule has 0 N–H and O–H groups in total. The van der Waals surface area contributed by atoms with Gasteiger partial charge in [-0.05, 0) is 68.3 Å². The molecule has 1 heterocycles. The number of allylic oxidation sites excluding steroid dienone is 1. The first-order valence-corrected chi connectivity index (χ1v) is 9.11. The zero-order valence-corrected chi connectivity index (χ0v) is 15.5. The third kappa shape index (κ3) is 2.76. The lowest BCUT2D eigenvalue weighted by Crippen LogP contribution is -2.41. The molecule has 0 radical (unpaired) electrons. The van der Waals surface area contributed by atoms with Gasteiger partial charge < -0.3 is 9.31 Å². The van der Waals surface area contributed by atoms with Crippen LogP contribution >= 0.6 is 0 Å². The fourth-order valence-corrected chi connectivity index (χ4v) is 3.72. The lowest BCUT2D eigenvalue weighted by molar-refractivity contribution is 0.00578. The molecule has 0 amide bonds. The monoisotopic (exact) mass is 332 g/mol. The van der Waals surface area contributed by atoms with Gasteiger partial charge in [-0.3, -0.25) is 0 Å². The zero-order chi connectivity index (χ0) is 17.7. The smallest absolute Gasteiger partial charge is 0.400 e. The predicted octanol–water partition coefficient (Wildman–Crippen LogP) is 5.07. The molecule has 2 aromatic carbocycles. The lowest BCUT2D eigenvalue weighted by atomic mass is 9.66. The molecule has 1 saturated heterocycles. The van der Waals surface area contributed by atoms with E-state index in [4.69, 9.17) is 9.31 Å². The van der Waals surface area contributed by atoms with Crippen molar-refractivity contribution >= 4 is 12.7 Å². The first kappa shape index (κ1) is 16.6. The number of hydrogen-bond donors (Lipinski definition) is 0. The third-order valence-electron chi connectivity index (χ3n) is 5.87. The van der Waals surface area contributed by atoms with Crippen LogP contribution in [-0.4, -0.2) is 18.3 Å². The van der Waals surface area contributed by atoms with Gasteiger partial charge in [-0.15, -0.1) is 0 Å². The molecule has 3 heteroatoms. The maximum Gasteiger partial charge on any atom is 0.491 e. The Labute approximate surface area is 151 Å². The van der Waals surface area contributed by atoms with Crippen LogP contribution in [0.25, 0.3) is 5.57 Å². The highest BCUT2D eigenvalue weighted by Gasteiger charge is 2.53. The minimum absolute atomic E-state index is 0.284. The standard InChI is InChI=1S/C22H25BO2/c1-21(2)22(3,4)25-23(24-21)19-15-14-16-10-8-9-13-18(16)20(19)17-11-6-5-7-12-17/h5-13H,14-15H2,1-4H3. The van der Waals surface area contributed by atoms with E-state index in [1.54, 1.807) is 0 Å². The van der Waals surface area contributed by atoms with Gasteiger partial charge in [0.05, 0.1) is 11.2 Å². The first-order chi connectivity index (χ1) is 11.9. The molecule has 0 aromatic heterocycles. The summed E-state index contributed by atoms with van der Waals surface area (Å²) in [5.41, 5.74) is 5.86. The second-order valence-corrected chi connectivity index (χ2v) is 8.01. The summed E-state index contributed by atoms with van der Waals surface area (Å²) in [6, 6.07) is 19.3. The van der Waals surface area contributed by atoms with Crippen molar-refractivity contribution in [2.45, 2.75) is 51.7 Å². The molecular formula is C22H25BO2. The Hall–Kier alpha value is -1.84. The van der Waals surface area contributed by atoms with Crippen LogP contribution in [0.3, 0.4) is 0 Å². The van der Waals surface area contributed by atoms with Crippen LogP contribution in [-0.2, 0) is 15.7 Å². The van der Waals surface area contributed by atoms with Crippen LogP contribution < -0.4 is 0 Å². The summed E-state index contributed by atoms with van der Waals surface area (Å²) in [6.07, 6.45) is 2.00. The van der Waals surface area contributed by atoms with Crippen LogP contribution in [0.2, 0.25) is 0 Å². The molecule has 1 aliphatic heterocycles. The topological polar surface area (TPSA) is 18.5 Å². The molecule has 0 saturated carbocycles. The van der Waals surface area contributed by atoms with E-state index < -0.39 is 0 Å². The molecule has 4 rings (SSSR count). The molecule has 2 aromatic rings. The molecule has 0 spiro atoms. The molecule has 0 bridgehead atoms. The number of benzene rings is 2. The van der Waals surface area contributed by atoms with Gasteiger partial charge in [0.25, 0.3) is 0 Å². The van der Waals surface area contributed by atoms with E-state index in [0.29, 0.717) is 0 Å². The number of fused-ring (bicyclic) bond motifs is 1. The third-order valence-corrected chi connectivity index (χ3v) is 5.87. The molecule has 2 aliphatic rings. The highest BCUT2D eigenvalue weighted by atomic mass is 16.7. The van der Waals surface area contributed by atoms with E-state index in [1.165, 1.54) is 27.7 Å². The van der Waals surface area contributed by atoms with Gasteiger partial charge in [0.2, 0.25) is 0 Å². The second-order valence-electron chi connectivity index (χ2n) is 8.01. The van der Waals surface area contributed by atoms with Crippen LogP contribution in [0, 0.1) is 0 Å². The molecular weight excluding hydrogens is 307 g/mol. The number of aryl methyl sites for hydroxylation is 1. The van der Waals surface area contributed by atoms with E-state index in [-0.39, 0.29) is 18.3 Å². The van der Waals surface area contributed by atoms with Crippen molar-refractivity contribution < 1.29 is 9.31 Å². The summed E-state index contributed by atoms with van der Waals surface area (Å²) in [5.74, 6) is 0. The summed E-state index contributed by atoms with van der Waals surface area (Å²) in [5, 5.41) is 0. The van der Waals surface area contributed by atoms with Crippen molar-refractivity contribution in [1.29, 1.82) is 0 Å². The molecule has 0 unspecified atom stereocenters. The maximum absolute atomic E-state index is 6.39. The Kier molecular flexibility index (Phi) is 3.90. The van der Waals surface area contributed by atoms with Crippen molar-refractivity contribution in [3.05, 3.63) is 76.8 Å². The quantitative estimate of drug-likeness (QED) is 0.715. The van der Waals surface area contributed by atoms with Gasteiger partial charge in [0.1, 0.15) is 0 Å². The first-order valence-electron chi connectivity index (χ1n) is 9.11. The van der Waals surface area contributed by atoms with Crippen LogP contribution in [0.1, 0.15) is 50.8 Å². The highest BCUT2D eigenvalue weighted by Crippen LogP contribution is 2.44. The molecule has 1 fully saturated rings. The van der Waals surface area contributed by atoms with Gasteiger partial charge >= 0.3 is 7.12 Å². The Morgan fingerprint density at radius 1 is 0.760 bits per heavy atom. The fraction of sp³-hybridized carbons (Fsp3) is 0.364. The van der Waals surface area contributed by atoms with E-state index >= 15 is 0 Å². The van der Waals surface area contributed by atoms with Crippen molar-refractivity contribution in [3.63, 3.8) is 0 Å². The minimum Gasteiger partial charge on any atom is -0.400 e. The highest BCUT2D eigenvalue weighted by molar-refractivity contribution is 6.56. The van der Waals surface area contributed by atoms with Crippen molar-refractivity contribution in [2.24, 2.45) is 0 Å². The lowest BCUT2D eigenvalue weighted by Gasteiger charge is -2.32. The molecule has 128 valence electrons. The SMILES string of the molecule is CC1(C)OB(C2=C(c3ccccc3)c3ccccc3CC2)OC1(C)C. The van der Waals surface area contributed by atoms with E-state index in [0.717, 1.165) is 12.8 Å². The predicted molar refractivity (Wildman–Crippen MR) is 103 cm³/mol. The van der Waals surface area contributed by atoms with Gasteiger partial charge in [-0.1, -0.05) is 54.6 Å². The van der Waals surface area contributed by atoms with E-state index in [9.17, 15) is 0 Å². The summed E-state index contributed by atoms with van der Waals surface area (Å²) in [7, 11) is -0.284. The average Bonchev–Trinajstić information content (AvgIpc) is 2.82. The van der Waals surface area contributed by atoms with Crippen molar-refractivity contribution in [2.75, 3.05) is 0 Å². The molecule has 1 aliphatic carbocycles. The number of rotatable bonds is 2. The van der Waals surface area contributed by atoms with Gasteiger partial charge in [-0.25, -0.2) is 0 Å². The van der Waals surface area contributed by atoms with E-state index in [2.05, 4.69) is 82.3 Å². The van der Waals surface area contributed by atoms with Crippen LogP contribution in [0.4, 0.5) is 0 Å². The van der Waals surface area contributed by atoms with Gasteiger partial charge in [0, 0.05) is 0 Å². The normalized spacial score (nSPS) is 21.4. The Balaban J connectivity index is 1.87. The largest absolute Gasteiger partial charge is 0.491 e. The van der Waals surface area contributed by atoms with Crippen molar-refractivity contribution in [1.82, 2.24) is 0 Å². The maximum atomic E-state index is 6.39. The summed E-state index contributed by atoms with van der Waals surface area (Å²) < 4.78 is 12.8. The zero-order valence-electron chi connectivity index (χ0n) is 15.5. The Morgan fingerprint density at radius 2 is 1.36 bits per heavy atom. The second kappa shape index (κ2) is 5.86. The molecule has 2 nitrogen and oxygen atoms in total. The average molecular weight is 332 g/mol. The number of hydrogen-bond acceptors (Lipinski definition) is 2. The Bertz CT molecular complexity index is 805. The van der Waals surface area contributed by atoms with Crippen LogP contribution in [0.15, 0.2) is 60.1 Å². The Morgan fingerprint density at radius 3 is 2.04 bits per heavy atom.